The van der Waals surface area contributed by atoms with Crippen molar-refractivity contribution in [1.29, 1.82) is 0 Å². The van der Waals surface area contributed by atoms with Crippen LogP contribution in [0.2, 0.25) is 0 Å². The predicted octanol–water partition coefficient (Wildman–Crippen LogP) is 2.56. The van der Waals surface area contributed by atoms with Crippen molar-refractivity contribution < 1.29 is 10.2 Å². The van der Waals surface area contributed by atoms with Crippen LogP contribution in [0.4, 0.5) is 0 Å². The summed E-state index contributed by atoms with van der Waals surface area (Å²) in [5, 5.41) is 22.3. The van der Waals surface area contributed by atoms with Crippen LogP contribution in [0.15, 0.2) is 36.4 Å². The Labute approximate surface area is 94.2 Å². The van der Waals surface area contributed by atoms with Crippen LogP contribution in [0, 0.1) is 5.92 Å². The Balaban J connectivity index is 2.29. The second-order valence-corrected chi connectivity index (χ2v) is 4.58. The summed E-state index contributed by atoms with van der Waals surface area (Å²) in [6.07, 6.45) is -1.09. The molecule has 2 N–H and O–H groups in total. The van der Waals surface area contributed by atoms with Gasteiger partial charge >= 0.3 is 0 Å². The molecule has 0 amide bonds. The Morgan fingerprint density at radius 2 is 1.31 bits per heavy atom. The van der Waals surface area contributed by atoms with Gasteiger partial charge in [-0.2, -0.15) is 0 Å². The first-order valence-electron chi connectivity index (χ1n) is 5.57. The standard InChI is InChI=1S/C14H14O2/c1-8-13(15)11-6-9-4-2-3-5-10(9)7-12(11)14(8)16/h2-8,13-16H,1H3/t8-,13+,14-. The summed E-state index contributed by atoms with van der Waals surface area (Å²) in [5.74, 6) is -0.119. The molecule has 2 aromatic rings. The summed E-state index contributed by atoms with van der Waals surface area (Å²) in [6.45, 7) is 1.88. The van der Waals surface area contributed by atoms with Gasteiger partial charge in [0.1, 0.15) is 0 Å². The van der Waals surface area contributed by atoms with Crippen LogP contribution in [0.1, 0.15) is 30.3 Å². The Morgan fingerprint density at radius 3 is 1.75 bits per heavy atom. The molecule has 2 aromatic carbocycles. The third-order valence-corrected chi connectivity index (χ3v) is 3.58. The number of fused-ring (bicyclic) bond motifs is 2. The highest BCUT2D eigenvalue weighted by atomic mass is 16.3. The Kier molecular flexibility index (Phi) is 2.03. The molecule has 0 heterocycles. The number of hydrogen-bond donors (Lipinski definition) is 2. The van der Waals surface area contributed by atoms with E-state index in [2.05, 4.69) is 0 Å². The molecule has 2 heteroatoms. The summed E-state index contributed by atoms with van der Waals surface area (Å²) in [5.41, 5.74) is 1.75. The smallest absolute Gasteiger partial charge is 0.0847 e. The minimum absolute atomic E-state index is 0.119. The Bertz CT molecular complexity index is 499. The fourth-order valence-corrected chi connectivity index (χ4v) is 2.53. The second-order valence-electron chi connectivity index (χ2n) is 4.58. The van der Waals surface area contributed by atoms with Gasteiger partial charge in [0, 0.05) is 5.92 Å². The van der Waals surface area contributed by atoms with Crippen molar-refractivity contribution in [2.45, 2.75) is 19.1 Å². The molecule has 0 saturated heterocycles. The first-order chi connectivity index (χ1) is 7.68. The van der Waals surface area contributed by atoms with Crippen molar-refractivity contribution >= 4 is 10.8 Å². The molecule has 0 saturated carbocycles. The van der Waals surface area contributed by atoms with E-state index < -0.39 is 12.2 Å². The van der Waals surface area contributed by atoms with E-state index in [4.69, 9.17) is 0 Å². The van der Waals surface area contributed by atoms with Crippen molar-refractivity contribution in [3.8, 4) is 0 Å². The van der Waals surface area contributed by atoms with Crippen molar-refractivity contribution in [1.82, 2.24) is 0 Å². The molecule has 0 unspecified atom stereocenters. The molecule has 82 valence electrons. The topological polar surface area (TPSA) is 40.5 Å². The zero-order valence-corrected chi connectivity index (χ0v) is 9.09. The lowest BCUT2D eigenvalue weighted by atomic mass is 10.0. The third-order valence-electron chi connectivity index (χ3n) is 3.58. The molecule has 0 radical (unpaired) electrons. The summed E-state index contributed by atoms with van der Waals surface area (Å²) in [4.78, 5) is 0. The van der Waals surface area contributed by atoms with Crippen molar-refractivity contribution in [2.24, 2.45) is 5.92 Å². The highest BCUT2D eigenvalue weighted by Crippen LogP contribution is 2.44. The summed E-state index contributed by atoms with van der Waals surface area (Å²) in [7, 11) is 0. The summed E-state index contributed by atoms with van der Waals surface area (Å²) in [6, 6.07) is 12.0. The average molecular weight is 214 g/mol. The van der Waals surface area contributed by atoms with Gasteiger partial charge < -0.3 is 10.2 Å². The summed E-state index contributed by atoms with van der Waals surface area (Å²) < 4.78 is 0. The molecule has 0 fully saturated rings. The monoisotopic (exact) mass is 214 g/mol. The maximum atomic E-state index is 10.0. The van der Waals surface area contributed by atoms with Gasteiger partial charge in [-0.3, -0.25) is 0 Å². The fraction of sp³-hybridized carbons (Fsp3) is 0.286. The van der Waals surface area contributed by atoms with Crippen LogP contribution < -0.4 is 0 Å². The van der Waals surface area contributed by atoms with E-state index in [0.29, 0.717) is 0 Å². The molecule has 16 heavy (non-hydrogen) atoms. The maximum absolute atomic E-state index is 10.0. The van der Waals surface area contributed by atoms with Crippen molar-refractivity contribution in [3.63, 3.8) is 0 Å². The van der Waals surface area contributed by atoms with Crippen LogP contribution in [-0.4, -0.2) is 10.2 Å². The molecule has 3 atom stereocenters. The Morgan fingerprint density at radius 1 is 0.875 bits per heavy atom. The minimum atomic E-state index is -0.547. The average Bonchev–Trinajstić information content (AvgIpc) is 2.52. The van der Waals surface area contributed by atoms with E-state index in [1.165, 1.54) is 0 Å². The van der Waals surface area contributed by atoms with Crippen LogP contribution in [-0.2, 0) is 0 Å². The minimum Gasteiger partial charge on any atom is -0.388 e. The molecule has 1 aliphatic rings. The van der Waals surface area contributed by atoms with E-state index in [-0.39, 0.29) is 5.92 Å². The van der Waals surface area contributed by atoms with Crippen LogP contribution in [0.5, 0.6) is 0 Å². The SMILES string of the molecule is C[C@@H]1[C@H](O)c2cc3ccccc3cc2[C@@H]1O. The van der Waals surface area contributed by atoms with Crippen molar-refractivity contribution in [2.75, 3.05) is 0 Å². The van der Waals surface area contributed by atoms with E-state index in [0.717, 1.165) is 21.9 Å². The normalized spacial score (nSPS) is 28.3. The van der Waals surface area contributed by atoms with Gasteiger partial charge in [-0.25, -0.2) is 0 Å². The first-order valence-corrected chi connectivity index (χ1v) is 5.57. The maximum Gasteiger partial charge on any atom is 0.0847 e. The molecule has 0 aromatic heterocycles. The largest absolute Gasteiger partial charge is 0.388 e. The van der Waals surface area contributed by atoms with Crippen molar-refractivity contribution in [3.05, 3.63) is 47.5 Å². The highest BCUT2D eigenvalue weighted by Gasteiger charge is 2.35. The lowest BCUT2D eigenvalue weighted by molar-refractivity contribution is 0.0453. The van der Waals surface area contributed by atoms with Crippen LogP contribution in [0.3, 0.4) is 0 Å². The van der Waals surface area contributed by atoms with Crippen LogP contribution >= 0.6 is 0 Å². The molecule has 0 spiro atoms. The second kappa shape index (κ2) is 3.30. The molecule has 0 bridgehead atoms. The summed E-state index contributed by atoms with van der Waals surface area (Å²) >= 11 is 0. The van der Waals surface area contributed by atoms with E-state index in [9.17, 15) is 10.2 Å². The zero-order valence-electron chi connectivity index (χ0n) is 9.09. The van der Waals surface area contributed by atoms with Gasteiger partial charge in [-0.05, 0) is 34.0 Å². The fourth-order valence-electron chi connectivity index (χ4n) is 2.53. The van der Waals surface area contributed by atoms with E-state index in [1.54, 1.807) is 0 Å². The number of rotatable bonds is 0. The van der Waals surface area contributed by atoms with Crippen LogP contribution in [0.25, 0.3) is 10.8 Å². The highest BCUT2D eigenvalue weighted by molar-refractivity contribution is 5.84. The lowest BCUT2D eigenvalue weighted by Crippen LogP contribution is -2.06. The van der Waals surface area contributed by atoms with Gasteiger partial charge in [-0.15, -0.1) is 0 Å². The lowest BCUT2D eigenvalue weighted by Gasteiger charge is -2.11. The van der Waals surface area contributed by atoms with E-state index in [1.807, 2.05) is 43.3 Å². The van der Waals surface area contributed by atoms with Gasteiger partial charge in [0.25, 0.3) is 0 Å². The number of benzene rings is 2. The molecular weight excluding hydrogens is 200 g/mol. The quantitative estimate of drug-likeness (QED) is 0.707. The molecule has 0 aliphatic heterocycles. The predicted molar refractivity (Wildman–Crippen MR) is 63.0 cm³/mol. The van der Waals surface area contributed by atoms with Gasteiger partial charge in [0.05, 0.1) is 12.2 Å². The van der Waals surface area contributed by atoms with Gasteiger partial charge in [0.2, 0.25) is 0 Å². The number of aliphatic hydroxyl groups is 2. The molecule has 2 nitrogen and oxygen atoms in total. The Hall–Kier alpha value is -1.38. The molecular formula is C14H14O2. The molecule has 1 aliphatic carbocycles. The molecule has 3 rings (SSSR count). The zero-order chi connectivity index (χ0) is 11.3. The number of hydrogen-bond acceptors (Lipinski definition) is 2. The van der Waals surface area contributed by atoms with E-state index >= 15 is 0 Å². The first kappa shape index (κ1) is 9.82. The third kappa shape index (κ3) is 1.20. The number of aliphatic hydroxyl groups excluding tert-OH is 2. The van der Waals surface area contributed by atoms with Gasteiger partial charge in [-0.1, -0.05) is 31.2 Å². The van der Waals surface area contributed by atoms with Gasteiger partial charge in [0.15, 0.2) is 0 Å².